The summed E-state index contributed by atoms with van der Waals surface area (Å²) in [5, 5.41) is 6.90. The monoisotopic (exact) mass is 287 g/mol. The van der Waals surface area contributed by atoms with Crippen molar-refractivity contribution in [3.05, 3.63) is 0 Å². The fourth-order valence-corrected chi connectivity index (χ4v) is 1.45. The number of isothiocyanates is 3. The van der Waals surface area contributed by atoms with Crippen LogP contribution in [-0.4, -0.2) is 40.0 Å². The lowest BCUT2D eigenvalue weighted by Crippen LogP contribution is -2.19. The summed E-state index contributed by atoms with van der Waals surface area (Å²) in [5.74, 6) is 0.0289. The van der Waals surface area contributed by atoms with Gasteiger partial charge in [-0.3, -0.25) is 0 Å². The molecule has 3 nitrogen and oxygen atoms in total. The van der Waals surface area contributed by atoms with Crippen LogP contribution < -0.4 is 0 Å². The van der Waals surface area contributed by atoms with Crippen molar-refractivity contribution in [1.29, 1.82) is 0 Å². The number of aliphatic imine (C=N–C) groups is 3. The summed E-state index contributed by atoms with van der Waals surface area (Å²) < 4.78 is 0. The number of rotatable bonds is 8. The Hall–Kier alpha value is -0.510. The zero-order valence-electron chi connectivity index (χ0n) is 8.38. The minimum absolute atomic E-state index is 0.0289. The minimum Gasteiger partial charge on any atom is -0.232 e. The van der Waals surface area contributed by atoms with E-state index in [1.54, 1.807) is 0 Å². The first kappa shape index (κ1) is 15.5. The number of hydrogen-bond acceptors (Lipinski definition) is 7. The van der Waals surface area contributed by atoms with Crippen molar-refractivity contribution >= 4 is 69.2 Å². The highest BCUT2D eigenvalue weighted by atomic mass is 32.1. The molecule has 0 saturated heterocycles. The molecule has 0 aromatic carbocycles. The molecule has 0 aliphatic carbocycles. The van der Waals surface area contributed by atoms with Gasteiger partial charge in [0.1, 0.15) is 0 Å². The Balaban J connectivity index is 4.34. The van der Waals surface area contributed by atoms with Gasteiger partial charge in [0, 0.05) is 10.8 Å². The van der Waals surface area contributed by atoms with Gasteiger partial charge < -0.3 is 0 Å². The summed E-state index contributed by atoms with van der Waals surface area (Å²) in [7, 11) is 0. The molecule has 0 aromatic heterocycles. The molecule has 0 saturated carbocycles. The summed E-state index contributed by atoms with van der Waals surface area (Å²) in [6.07, 6.45) is 0.656. The summed E-state index contributed by atoms with van der Waals surface area (Å²) in [5.41, 5.74) is 0. The Labute approximate surface area is 116 Å². The van der Waals surface area contributed by atoms with Crippen LogP contribution in [-0.2, 0) is 0 Å². The first-order chi connectivity index (χ1) is 7.76. The van der Waals surface area contributed by atoms with E-state index in [0.29, 0.717) is 26.1 Å². The van der Waals surface area contributed by atoms with Gasteiger partial charge in [0.15, 0.2) is 0 Å². The highest BCUT2D eigenvalue weighted by Crippen LogP contribution is 2.06. The smallest absolute Gasteiger partial charge is 0.0585 e. The van der Waals surface area contributed by atoms with E-state index in [0.717, 1.165) is 4.86 Å². The second-order valence-corrected chi connectivity index (χ2v) is 3.82. The summed E-state index contributed by atoms with van der Waals surface area (Å²) >= 11 is 18.7. The zero-order valence-corrected chi connectivity index (χ0v) is 11.6. The molecule has 0 rings (SSSR count). The molecule has 0 heterocycles. The molecule has 0 aromatic rings. The number of hydrogen-bond donors (Lipinski definition) is 0. The maximum Gasteiger partial charge on any atom is 0.0585 e. The molecule has 0 amide bonds. The van der Waals surface area contributed by atoms with Gasteiger partial charge in [-0.25, -0.2) is 15.0 Å². The predicted octanol–water partition coefficient (Wildman–Crippen LogP) is 2.67. The van der Waals surface area contributed by atoms with Crippen LogP contribution >= 0.6 is 48.9 Å². The standard InChI is InChI=1S/C9H9N3S4/c13-5-10-2-1-9(16)8(3-11-6-14)4-12-7-15/h8H,1-4H2. The molecule has 0 bridgehead atoms. The maximum absolute atomic E-state index is 5.25. The Morgan fingerprint density at radius 3 is 1.88 bits per heavy atom. The second-order valence-electron chi connectivity index (χ2n) is 2.75. The average Bonchev–Trinajstić information content (AvgIpc) is 2.29. The molecule has 0 radical (unpaired) electrons. The summed E-state index contributed by atoms with van der Waals surface area (Å²) in [4.78, 5) is 12.4. The van der Waals surface area contributed by atoms with Crippen molar-refractivity contribution in [1.82, 2.24) is 0 Å². The van der Waals surface area contributed by atoms with E-state index in [4.69, 9.17) is 12.2 Å². The van der Waals surface area contributed by atoms with Crippen LogP contribution in [0.2, 0.25) is 0 Å². The van der Waals surface area contributed by atoms with E-state index >= 15 is 0 Å². The summed E-state index contributed by atoms with van der Waals surface area (Å²) in [6.45, 7) is 1.50. The lowest BCUT2D eigenvalue weighted by atomic mass is 10.0. The van der Waals surface area contributed by atoms with Gasteiger partial charge in [-0.1, -0.05) is 12.2 Å². The Kier molecular flexibility index (Phi) is 10.6. The molecule has 0 N–H and O–H groups in total. The summed E-state index contributed by atoms with van der Waals surface area (Å²) in [6, 6.07) is 0. The van der Waals surface area contributed by atoms with E-state index in [9.17, 15) is 0 Å². The van der Waals surface area contributed by atoms with E-state index in [1.807, 2.05) is 0 Å². The Bertz CT molecular complexity index is 354. The largest absolute Gasteiger partial charge is 0.232 e. The minimum atomic E-state index is 0.0289. The van der Waals surface area contributed by atoms with Gasteiger partial charge in [0.05, 0.1) is 35.1 Å². The van der Waals surface area contributed by atoms with E-state index in [-0.39, 0.29) is 5.92 Å². The van der Waals surface area contributed by atoms with Gasteiger partial charge in [-0.15, -0.1) is 0 Å². The fourth-order valence-electron chi connectivity index (χ4n) is 0.972. The molecule has 0 unspecified atom stereocenters. The van der Waals surface area contributed by atoms with Crippen LogP contribution in [0.25, 0.3) is 0 Å². The zero-order chi connectivity index (χ0) is 12.2. The molecule has 84 valence electrons. The van der Waals surface area contributed by atoms with Crippen LogP contribution in [0.1, 0.15) is 6.42 Å². The van der Waals surface area contributed by atoms with Crippen LogP contribution in [0.5, 0.6) is 0 Å². The normalized spacial score (nSPS) is 10.2. The second kappa shape index (κ2) is 11.0. The van der Waals surface area contributed by atoms with Crippen LogP contribution in [0.3, 0.4) is 0 Å². The third-order valence-electron chi connectivity index (χ3n) is 1.74. The molecule has 16 heavy (non-hydrogen) atoms. The third kappa shape index (κ3) is 7.74. The van der Waals surface area contributed by atoms with E-state index in [2.05, 4.69) is 67.1 Å². The van der Waals surface area contributed by atoms with E-state index in [1.165, 1.54) is 0 Å². The Morgan fingerprint density at radius 1 is 0.938 bits per heavy atom. The van der Waals surface area contributed by atoms with Crippen LogP contribution in [0.4, 0.5) is 0 Å². The van der Waals surface area contributed by atoms with Crippen molar-refractivity contribution in [2.75, 3.05) is 19.6 Å². The molecule has 0 atom stereocenters. The van der Waals surface area contributed by atoms with Crippen LogP contribution in [0.15, 0.2) is 15.0 Å². The highest BCUT2D eigenvalue weighted by Gasteiger charge is 2.12. The lowest BCUT2D eigenvalue weighted by molar-refractivity contribution is 0.715. The number of nitrogens with zero attached hydrogens (tertiary/aromatic N) is 3. The lowest BCUT2D eigenvalue weighted by Gasteiger charge is -2.11. The van der Waals surface area contributed by atoms with Crippen molar-refractivity contribution in [2.24, 2.45) is 20.9 Å². The van der Waals surface area contributed by atoms with Crippen molar-refractivity contribution in [3.8, 4) is 0 Å². The van der Waals surface area contributed by atoms with Gasteiger partial charge in [-0.2, -0.15) is 0 Å². The molecule has 0 aliphatic rings. The molecule has 0 spiro atoms. The average molecular weight is 287 g/mol. The first-order valence-electron chi connectivity index (χ1n) is 4.39. The van der Waals surface area contributed by atoms with Gasteiger partial charge in [-0.05, 0) is 43.1 Å². The third-order valence-corrected chi connectivity index (χ3v) is 2.67. The number of thiocarbonyl (C=S) groups is 4. The topological polar surface area (TPSA) is 37.1 Å². The maximum atomic E-state index is 5.25. The van der Waals surface area contributed by atoms with E-state index < -0.39 is 0 Å². The Morgan fingerprint density at radius 2 is 1.44 bits per heavy atom. The van der Waals surface area contributed by atoms with Crippen LogP contribution in [0, 0.1) is 5.92 Å². The molecular weight excluding hydrogens is 278 g/mol. The quantitative estimate of drug-likeness (QED) is 0.508. The molecular formula is C9H9N3S4. The highest BCUT2D eigenvalue weighted by molar-refractivity contribution is 7.80. The first-order valence-corrected chi connectivity index (χ1v) is 6.03. The van der Waals surface area contributed by atoms with Gasteiger partial charge in [0.2, 0.25) is 0 Å². The molecule has 0 fully saturated rings. The van der Waals surface area contributed by atoms with Gasteiger partial charge >= 0.3 is 0 Å². The molecule has 7 heteroatoms. The fraction of sp³-hybridized carbons (Fsp3) is 0.556. The van der Waals surface area contributed by atoms with Gasteiger partial charge in [0.25, 0.3) is 0 Å². The van der Waals surface area contributed by atoms with Crippen molar-refractivity contribution < 1.29 is 0 Å². The van der Waals surface area contributed by atoms with Crippen molar-refractivity contribution in [3.63, 3.8) is 0 Å². The van der Waals surface area contributed by atoms with Crippen molar-refractivity contribution in [2.45, 2.75) is 6.42 Å². The molecule has 0 aliphatic heterocycles. The predicted molar refractivity (Wildman–Crippen MR) is 80.4 cm³/mol. The SMILES string of the molecule is S=C=NCCC(=S)C(CN=C=S)CN=C=S.